The Kier molecular flexibility index (Phi) is 8.17. The van der Waals surface area contributed by atoms with E-state index in [1.807, 2.05) is 6.07 Å². The third-order valence-electron chi connectivity index (χ3n) is 6.49. The second kappa shape index (κ2) is 11.5. The molecule has 1 aliphatic rings. The fourth-order valence-corrected chi connectivity index (χ4v) is 4.33. The van der Waals surface area contributed by atoms with E-state index in [4.69, 9.17) is 4.74 Å². The number of carbonyl (C=O) groups is 4. The van der Waals surface area contributed by atoms with Crippen LogP contribution in [0.5, 0.6) is 5.75 Å². The Hall–Kier alpha value is -4.42. The van der Waals surface area contributed by atoms with Crippen molar-refractivity contribution in [3.05, 3.63) is 59.2 Å². The number of ether oxygens (including phenoxy) is 1. The first-order valence-electron chi connectivity index (χ1n) is 12.1. The van der Waals surface area contributed by atoms with Crippen LogP contribution < -0.4 is 10.1 Å². The van der Waals surface area contributed by atoms with Crippen LogP contribution in [0.2, 0.25) is 0 Å². The molecule has 1 aromatic heterocycles. The number of piperidine rings is 1. The summed E-state index contributed by atoms with van der Waals surface area (Å²) in [7, 11) is 0. The number of fused-ring (bicyclic) bond motifs is 1. The third-order valence-corrected chi connectivity index (χ3v) is 6.49. The van der Waals surface area contributed by atoms with Crippen molar-refractivity contribution in [1.82, 2.24) is 20.2 Å². The van der Waals surface area contributed by atoms with Gasteiger partial charge in [-0.15, -0.1) is 0 Å². The summed E-state index contributed by atoms with van der Waals surface area (Å²) in [5, 5.41) is 11.6. The largest absolute Gasteiger partial charge is 0.481 e. The number of para-hydroxylation sites is 2. The highest BCUT2D eigenvalue weighted by Crippen LogP contribution is 2.27. The highest BCUT2D eigenvalue weighted by atomic mass is 19.2. The number of aryl methyl sites for hydroxylation is 1. The number of hydrogen-bond acceptors (Lipinski definition) is 6. The van der Waals surface area contributed by atoms with Crippen LogP contribution in [0.25, 0.3) is 11.0 Å². The predicted octanol–water partition coefficient (Wildman–Crippen LogP) is 2.75. The molecule has 0 radical (unpaired) electrons. The lowest BCUT2D eigenvalue weighted by atomic mass is 9.95. The molecule has 1 atom stereocenters. The number of carbonyl (C=O) groups excluding carboxylic acids is 3. The number of carboxylic acid groups (broad SMARTS) is 1. The van der Waals surface area contributed by atoms with Crippen LogP contribution in [0.1, 0.15) is 35.4 Å². The van der Waals surface area contributed by atoms with Crippen molar-refractivity contribution < 1.29 is 42.2 Å². The Bertz CT molecular complexity index is 1380. The van der Waals surface area contributed by atoms with Gasteiger partial charge in [-0.25, -0.2) is 13.8 Å². The van der Waals surface area contributed by atoms with Crippen LogP contribution in [0.3, 0.4) is 0 Å². The molecule has 3 N–H and O–H groups in total. The number of halogens is 3. The number of amides is 2. The van der Waals surface area contributed by atoms with Crippen molar-refractivity contribution in [1.29, 1.82) is 0 Å². The van der Waals surface area contributed by atoms with E-state index in [1.54, 1.807) is 23.1 Å². The standard InChI is InChI=1S/C26H25F3N4O6/c1-13-10-15(27)22(29)23(21(13)28)39-12-19(34)18(11-20(35)36)32-25(37)14-6-8-33(9-7-14)26(38)24-30-16-4-2-3-5-17(16)31-24/h2-5,10,14,18H,6-9,11-12H2,1H3,(H,30,31)(H,32,37)(H,35,36)/t18-/m0/s1. The first-order valence-corrected chi connectivity index (χ1v) is 12.1. The molecule has 4 rings (SSSR count). The quantitative estimate of drug-likeness (QED) is 0.351. The van der Waals surface area contributed by atoms with E-state index in [9.17, 15) is 37.5 Å². The number of imidazole rings is 1. The van der Waals surface area contributed by atoms with Crippen LogP contribution in [0, 0.1) is 30.3 Å². The number of nitrogens with zero attached hydrogens (tertiary/aromatic N) is 2. The number of carboxylic acids is 1. The molecule has 0 aliphatic carbocycles. The number of H-pyrrole nitrogens is 1. The van der Waals surface area contributed by atoms with E-state index < -0.39 is 65.8 Å². The molecule has 2 amide bonds. The molecule has 10 nitrogen and oxygen atoms in total. The summed E-state index contributed by atoms with van der Waals surface area (Å²) in [6.07, 6.45) is -0.299. The van der Waals surface area contributed by atoms with Gasteiger partial charge in [-0.2, -0.15) is 4.39 Å². The molecule has 0 unspecified atom stereocenters. The molecule has 206 valence electrons. The molecule has 3 aromatic rings. The number of hydrogen-bond donors (Lipinski definition) is 3. The van der Waals surface area contributed by atoms with Gasteiger partial charge in [0.25, 0.3) is 5.91 Å². The maximum atomic E-state index is 14.2. The normalized spacial score (nSPS) is 14.7. The molecule has 0 spiro atoms. The molecule has 13 heteroatoms. The van der Waals surface area contributed by atoms with E-state index in [0.717, 1.165) is 0 Å². The van der Waals surface area contributed by atoms with Gasteiger partial charge in [-0.05, 0) is 43.5 Å². The number of aliphatic carboxylic acids is 1. The van der Waals surface area contributed by atoms with Crippen LogP contribution in [0.15, 0.2) is 30.3 Å². The Morgan fingerprint density at radius 3 is 2.51 bits per heavy atom. The van der Waals surface area contributed by atoms with Crippen LogP contribution in [-0.2, 0) is 14.4 Å². The number of Topliss-reactive ketones (excluding diaryl/α,β-unsaturated/α-hetero) is 1. The molecule has 1 saturated heterocycles. The zero-order valence-corrected chi connectivity index (χ0v) is 20.8. The summed E-state index contributed by atoms with van der Waals surface area (Å²) in [4.78, 5) is 58.4. The van der Waals surface area contributed by atoms with Gasteiger partial charge in [0.05, 0.1) is 17.5 Å². The first kappa shape index (κ1) is 27.6. The molecule has 0 bridgehead atoms. The van der Waals surface area contributed by atoms with Crippen LogP contribution in [-0.4, -0.2) is 69.3 Å². The van der Waals surface area contributed by atoms with Crippen molar-refractivity contribution in [3.63, 3.8) is 0 Å². The maximum absolute atomic E-state index is 14.2. The zero-order valence-electron chi connectivity index (χ0n) is 20.8. The molecular weight excluding hydrogens is 521 g/mol. The minimum absolute atomic E-state index is 0.174. The third kappa shape index (κ3) is 6.19. The highest BCUT2D eigenvalue weighted by molar-refractivity contribution is 5.95. The van der Waals surface area contributed by atoms with Gasteiger partial charge < -0.3 is 25.0 Å². The first-order chi connectivity index (χ1) is 18.5. The minimum Gasteiger partial charge on any atom is -0.481 e. The number of rotatable bonds is 9. The minimum atomic E-state index is -1.63. The van der Waals surface area contributed by atoms with Gasteiger partial charge in [-0.1, -0.05) is 12.1 Å². The smallest absolute Gasteiger partial charge is 0.305 e. The van der Waals surface area contributed by atoms with Crippen molar-refractivity contribution in [2.75, 3.05) is 19.7 Å². The van der Waals surface area contributed by atoms with Gasteiger partial charge in [0.15, 0.2) is 29.0 Å². The van der Waals surface area contributed by atoms with E-state index in [1.165, 1.54) is 6.92 Å². The Balaban J connectivity index is 1.35. The lowest BCUT2D eigenvalue weighted by Gasteiger charge is -2.31. The SMILES string of the molecule is Cc1cc(F)c(F)c(OCC(=O)[C@H](CC(=O)O)NC(=O)C2CCN(C(=O)c3nc4ccccc4[nH]3)CC2)c1F. The summed E-state index contributed by atoms with van der Waals surface area (Å²) in [5.74, 6) is -9.07. The lowest BCUT2D eigenvalue weighted by Crippen LogP contribution is -2.49. The lowest BCUT2D eigenvalue weighted by molar-refractivity contribution is -0.141. The van der Waals surface area contributed by atoms with Crippen LogP contribution in [0.4, 0.5) is 13.2 Å². The number of ketones is 1. The molecule has 2 heterocycles. The number of benzene rings is 2. The number of aromatic amines is 1. The van der Waals surface area contributed by atoms with E-state index in [-0.39, 0.29) is 43.2 Å². The monoisotopic (exact) mass is 546 g/mol. The van der Waals surface area contributed by atoms with Crippen molar-refractivity contribution >= 4 is 34.6 Å². The summed E-state index contributed by atoms with van der Waals surface area (Å²) >= 11 is 0. The molecule has 0 saturated carbocycles. The predicted molar refractivity (Wildman–Crippen MR) is 130 cm³/mol. The number of nitrogens with one attached hydrogen (secondary N) is 2. The molecule has 1 aliphatic heterocycles. The van der Waals surface area contributed by atoms with Gasteiger partial charge in [0.2, 0.25) is 11.7 Å². The van der Waals surface area contributed by atoms with E-state index in [2.05, 4.69) is 15.3 Å². The second-order valence-corrected chi connectivity index (χ2v) is 9.22. The van der Waals surface area contributed by atoms with Crippen molar-refractivity contribution in [3.8, 4) is 5.75 Å². The van der Waals surface area contributed by atoms with Crippen molar-refractivity contribution in [2.24, 2.45) is 5.92 Å². The van der Waals surface area contributed by atoms with Crippen LogP contribution >= 0.6 is 0 Å². The zero-order chi connectivity index (χ0) is 28.3. The average molecular weight is 547 g/mol. The van der Waals surface area contributed by atoms with Gasteiger partial charge in [-0.3, -0.25) is 19.2 Å². The molecular formula is C26H25F3N4O6. The number of likely N-dealkylation sites (tertiary alicyclic amines) is 1. The fourth-order valence-electron chi connectivity index (χ4n) is 4.33. The Labute approximate surface area is 220 Å². The van der Waals surface area contributed by atoms with Gasteiger partial charge in [0, 0.05) is 19.0 Å². The molecule has 2 aromatic carbocycles. The highest BCUT2D eigenvalue weighted by Gasteiger charge is 2.32. The Morgan fingerprint density at radius 2 is 1.85 bits per heavy atom. The summed E-state index contributed by atoms with van der Waals surface area (Å²) in [6.45, 7) is 0.632. The second-order valence-electron chi connectivity index (χ2n) is 9.22. The summed E-state index contributed by atoms with van der Waals surface area (Å²) < 4.78 is 46.6. The summed E-state index contributed by atoms with van der Waals surface area (Å²) in [6, 6.07) is 6.25. The maximum Gasteiger partial charge on any atom is 0.305 e. The molecule has 1 fully saturated rings. The summed E-state index contributed by atoms with van der Waals surface area (Å²) in [5.41, 5.74) is 1.11. The topological polar surface area (TPSA) is 142 Å². The fraction of sp³-hybridized carbons (Fsp3) is 0.346. The Morgan fingerprint density at radius 1 is 1.15 bits per heavy atom. The van der Waals surface area contributed by atoms with E-state index in [0.29, 0.717) is 17.1 Å². The van der Waals surface area contributed by atoms with E-state index >= 15 is 0 Å². The molecule has 39 heavy (non-hydrogen) atoms. The number of aromatic nitrogens is 2. The van der Waals surface area contributed by atoms with Gasteiger partial charge in [0.1, 0.15) is 12.6 Å². The van der Waals surface area contributed by atoms with Gasteiger partial charge >= 0.3 is 5.97 Å². The average Bonchev–Trinajstić information content (AvgIpc) is 3.35. The van der Waals surface area contributed by atoms with Crippen molar-refractivity contribution in [2.45, 2.75) is 32.2 Å².